The monoisotopic (exact) mass is 373 g/mol. The number of rotatable bonds is 5. The van der Waals surface area contributed by atoms with E-state index in [4.69, 9.17) is 0 Å². The highest BCUT2D eigenvalue weighted by Gasteiger charge is 2.31. The van der Waals surface area contributed by atoms with Gasteiger partial charge in [-0.3, -0.25) is 9.59 Å². The number of nitrogens with one attached hydrogen (secondary N) is 1. The summed E-state index contributed by atoms with van der Waals surface area (Å²) in [6.45, 7) is 5.05. The number of para-hydroxylation sites is 1. The fourth-order valence-corrected chi connectivity index (χ4v) is 4.45. The van der Waals surface area contributed by atoms with Gasteiger partial charge < -0.3 is 20.2 Å². The van der Waals surface area contributed by atoms with E-state index >= 15 is 0 Å². The van der Waals surface area contributed by atoms with Gasteiger partial charge in [0.05, 0.1) is 24.8 Å². The lowest BCUT2D eigenvalue weighted by Crippen LogP contribution is -2.49. The summed E-state index contributed by atoms with van der Waals surface area (Å²) < 4.78 is 0. The van der Waals surface area contributed by atoms with Gasteiger partial charge in [0.25, 0.3) is 5.91 Å². The van der Waals surface area contributed by atoms with Crippen molar-refractivity contribution >= 4 is 17.5 Å². The molecule has 148 valence electrons. The van der Waals surface area contributed by atoms with Crippen LogP contribution in [0, 0.1) is 0 Å². The fraction of sp³-hybridized carbons (Fsp3) is 0.619. The lowest BCUT2D eigenvalue weighted by Gasteiger charge is -2.39. The Morgan fingerprint density at radius 1 is 1.11 bits per heavy atom. The predicted octanol–water partition coefficient (Wildman–Crippen LogP) is 2.48. The van der Waals surface area contributed by atoms with Crippen LogP contribution < -0.4 is 5.32 Å². The number of amides is 2. The Morgan fingerprint density at radius 3 is 2.52 bits per heavy atom. The highest BCUT2D eigenvalue weighted by molar-refractivity contribution is 6.00. The maximum absolute atomic E-state index is 13.0. The summed E-state index contributed by atoms with van der Waals surface area (Å²) in [6, 6.07) is 7.73. The van der Waals surface area contributed by atoms with E-state index < -0.39 is 0 Å². The summed E-state index contributed by atoms with van der Waals surface area (Å²) in [7, 11) is 0. The van der Waals surface area contributed by atoms with Crippen LogP contribution in [0.4, 0.5) is 5.69 Å². The number of hydrogen-bond donors (Lipinski definition) is 2. The van der Waals surface area contributed by atoms with Gasteiger partial charge in [0.1, 0.15) is 0 Å². The van der Waals surface area contributed by atoms with E-state index in [1.54, 1.807) is 11.0 Å². The smallest absolute Gasteiger partial charge is 0.256 e. The maximum Gasteiger partial charge on any atom is 0.256 e. The van der Waals surface area contributed by atoms with E-state index in [9.17, 15) is 14.7 Å². The van der Waals surface area contributed by atoms with Gasteiger partial charge in [-0.2, -0.15) is 0 Å². The number of anilines is 1. The second kappa shape index (κ2) is 8.74. The zero-order valence-electron chi connectivity index (χ0n) is 16.4. The maximum atomic E-state index is 13.0. The number of likely N-dealkylation sites (tertiary alicyclic amines) is 2. The molecule has 1 aromatic rings. The second-order valence-electron chi connectivity index (χ2n) is 7.81. The highest BCUT2D eigenvalue weighted by Crippen LogP contribution is 2.25. The first-order valence-corrected chi connectivity index (χ1v) is 10.1. The Labute approximate surface area is 161 Å². The molecular weight excluding hydrogens is 342 g/mol. The third kappa shape index (κ3) is 4.26. The summed E-state index contributed by atoms with van der Waals surface area (Å²) in [4.78, 5) is 29.5. The Morgan fingerprint density at radius 2 is 1.81 bits per heavy atom. The fourth-order valence-electron chi connectivity index (χ4n) is 4.45. The molecule has 0 aliphatic carbocycles. The van der Waals surface area contributed by atoms with Gasteiger partial charge in [-0.1, -0.05) is 12.1 Å². The first-order valence-electron chi connectivity index (χ1n) is 10.1. The molecule has 3 unspecified atom stereocenters. The minimum Gasteiger partial charge on any atom is -0.394 e. The minimum absolute atomic E-state index is 0.00937. The minimum atomic E-state index is -0.109. The second-order valence-corrected chi connectivity index (χ2v) is 7.81. The molecule has 2 saturated heterocycles. The lowest BCUT2D eigenvalue weighted by molar-refractivity contribution is -0.135. The van der Waals surface area contributed by atoms with Crippen LogP contribution in [0.2, 0.25) is 0 Å². The van der Waals surface area contributed by atoms with Crippen molar-refractivity contribution in [3.8, 4) is 0 Å². The molecule has 2 aliphatic rings. The molecule has 1 aromatic carbocycles. The third-order valence-corrected chi connectivity index (χ3v) is 5.92. The number of aliphatic hydroxyl groups is 1. The van der Waals surface area contributed by atoms with E-state index in [-0.39, 0.29) is 43.1 Å². The van der Waals surface area contributed by atoms with Gasteiger partial charge >= 0.3 is 0 Å². The van der Waals surface area contributed by atoms with Crippen LogP contribution in [-0.4, -0.2) is 64.5 Å². The van der Waals surface area contributed by atoms with Crippen molar-refractivity contribution in [3.63, 3.8) is 0 Å². The average Bonchev–Trinajstić information content (AvgIpc) is 3.14. The quantitative estimate of drug-likeness (QED) is 0.832. The largest absolute Gasteiger partial charge is 0.394 e. The molecule has 2 heterocycles. The molecule has 6 heteroatoms. The van der Waals surface area contributed by atoms with Gasteiger partial charge in [-0.15, -0.1) is 0 Å². The Balaban J connectivity index is 1.69. The first kappa shape index (κ1) is 19.7. The molecule has 2 amide bonds. The average molecular weight is 373 g/mol. The third-order valence-electron chi connectivity index (χ3n) is 5.92. The summed E-state index contributed by atoms with van der Waals surface area (Å²) in [5, 5.41) is 12.7. The van der Waals surface area contributed by atoms with E-state index in [1.807, 2.05) is 23.1 Å². The molecule has 2 fully saturated rings. The van der Waals surface area contributed by atoms with Gasteiger partial charge in [0.15, 0.2) is 0 Å². The molecule has 0 saturated carbocycles. The first-order chi connectivity index (χ1) is 13.0. The summed E-state index contributed by atoms with van der Waals surface area (Å²) >= 11 is 0. The summed E-state index contributed by atoms with van der Waals surface area (Å²) in [5.41, 5.74) is 1.24. The van der Waals surface area contributed by atoms with Crippen LogP contribution in [0.5, 0.6) is 0 Å². The zero-order chi connectivity index (χ0) is 19.4. The van der Waals surface area contributed by atoms with Crippen molar-refractivity contribution in [1.82, 2.24) is 9.80 Å². The molecule has 2 N–H and O–H groups in total. The van der Waals surface area contributed by atoms with E-state index in [0.29, 0.717) is 17.8 Å². The van der Waals surface area contributed by atoms with Crippen LogP contribution in [0.1, 0.15) is 56.3 Å². The molecule has 0 aromatic heterocycles. The Bertz CT molecular complexity index is 668. The van der Waals surface area contributed by atoms with Crippen LogP contribution in [0.25, 0.3) is 0 Å². The van der Waals surface area contributed by atoms with Gasteiger partial charge in [-0.05, 0) is 58.1 Å². The van der Waals surface area contributed by atoms with Crippen molar-refractivity contribution in [2.75, 3.05) is 25.0 Å². The number of hydrogen-bond acceptors (Lipinski definition) is 4. The number of nitrogens with zero attached hydrogens (tertiary/aromatic N) is 2. The predicted molar refractivity (Wildman–Crippen MR) is 106 cm³/mol. The molecule has 0 bridgehead atoms. The topological polar surface area (TPSA) is 72.9 Å². The number of benzene rings is 1. The van der Waals surface area contributed by atoms with Crippen LogP contribution in [0.15, 0.2) is 24.3 Å². The normalized spacial score (nSPS) is 25.5. The van der Waals surface area contributed by atoms with E-state index in [0.717, 1.165) is 25.7 Å². The van der Waals surface area contributed by atoms with Crippen molar-refractivity contribution < 1.29 is 14.7 Å². The SMILES string of the molecule is CC1CCCC(C)N1C(=O)CNc1ccccc1C(=O)N1CCCC1CO. The molecule has 2 aliphatic heterocycles. The van der Waals surface area contributed by atoms with Crippen molar-refractivity contribution in [3.05, 3.63) is 29.8 Å². The highest BCUT2D eigenvalue weighted by atomic mass is 16.3. The molecule has 6 nitrogen and oxygen atoms in total. The molecule has 0 spiro atoms. The Hall–Kier alpha value is -2.08. The van der Waals surface area contributed by atoms with Crippen LogP contribution in [0.3, 0.4) is 0 Å². The number of piperidine rings is 1. The van der Waals surface area contributed by atoms with E-state index in [2.05, 4.69) is 19.2 Å². The summed E-state index contributed by atoms with van der Waals surface area (Å²) in [5.74, 6) is -0.00633. The zero-order valence-corrected chi connectivity index (χ0v) is 16.4. The van der Waals surface area contributed by atoms with Gasteiger partial charge in [-0.25, -0.2) is 0 Å². The van der Waals surface area contributed by atoms with Crippen LogP contribution >= 0.6 is 0 Å². The summed E-state index contributed by atoms with van der Waals surface area (Å²) in [6.07, 6.45) is 5.00. The number of carbonyl (C=O) groups excluding carboxylic acids is 2. The standard InChI is InChI=1S/C21H31N3O3/c1-15-7-5-8-16(2)24(15)20(26)13-22-19-11-4-3-10-18(19)21(27)23-12-6-9-17(23)14-25/h3-4,10-11,15-17,22,25H,5-9,12-14H2,1-2H3. The van der Waals surface area contributed by atoms with Crippen molar-refractivity contribution in [2.24, 2.45) is 0 Å². The molecular formula is C21H31N3O3. The molecule has 3 rings (SSSR count). The molecule has 3 atom stereocenters. The van der Waals surface area contributed by atoms with Gasteiger partial charge in [0, 0.05) is 24.3 Å². The van der Waals surface area contributed by atoms with Crippen molar-refractivity contribution in [1.29, 1.82) is 0 Å². The van der Waals surface area contributed by atoms with Crippen molar-refractivity contribution in [2.45, 2.75) is 64.1 Å². The van der Waals surface area contributed by atoms with Crippen LogP contribution in [-0.2, 0) is 4.79 Å². The lowest BCUT2D eigenvalue weighted by atomic mass is 9.97. The molecule has 27 heavy (non-hydrogen) atoms. The van der Waals surface area contributed by atoms with E-state index in [1.165, 1.54) is 6.42 Å². The number of aliphatic hydroxyl groups excluding tert-OH is 1. The molecule has 0 radical (unpaired) electrons. The Kier molecular flexibility index (Phi) is 6.37. The van der Waals surface area contributed by atoms with Gasteiger partial charge in [0.2, 0.25) is 5.91 Å². The number of carbonyl (C=O) groups is 2.